The minimum Gasteiger partial charge on any atom is -0.319 e. The zero-order chi connectivity index (χ0) is 12.4. The van der Waals surface area contributed by atoms with Crippen LogP contribution in [-0.4, -0.2) is 9.97 Å². The van der Waals surface area contributed by atoms with E-state index in [4.69, 9.17) is 5.73 Å². The molecule has 88 valence electrons. The lowest BCUT2D eigenvalue weighted by molar-refractivity contribution is 0.493. The van der Waals surface area contributed by atoms with E-state index in [1.54, 1.807) is 13.0 Å². The molecule has 1 atom stereocenters. The van der Waals surface area contributed by atoms with E-state index in [0.29, 0.717) is 11.5 Å². The molecule has 1 aromatic heterocycles. The lowest BCUT2D eigenvalue weighted by Gasteiger charge is -2.12. The lowest BCUT2D eigenvalue weighted by atomic mass is 10.0. The van der Waals surface area contributed by atoms with Crippen molar-refractivity contribution in [1.82, 2.24) is 9.97 Å². The van der Waals surface area contributed by atoms with Crippen LogP contribution >= 0.6 is 0 Å². The molecule has 3 nitrogen and oxygen atoms in total. The van der Waals surface area contributed by atoms with E-state index in [1.165, 1.54) is 18.3 Å². The van der Waals surface area contributed by atoms with Crippen molar-refractivity contribution in [2.75, 3.05) is 0 Å². The highest BCUT2D eigenvalue weighted by Crippen LogP contribution is 2.22. The van der Waals surface area contributed by atoms with Crippen molar-refractivity contribution in [2.45, 2.75) is 13.0 Å². The van der Waals surface area contributed by atoms with Gasteiger partial charge in [-0.15, -0.1) is 0 Å². The van der Waals surface area contributed by atoms with E-state index in [-0.39, 0.29) is 5.56 Å². The van der Waals surface area contributed by atoms with Crippen molar-refractivity contribution in [3.05, 3.63) is 59.2 Å². The first-order valence-corrected chi connectivity index (χ1v) is 5.08. The average molecular weight is 235 g/mol. The first-order chi connectivity index (χ1) is 8.09. The fourth-order valence-corrected chi connectivity index (χ4v) is 1.57. The molecule has 0 spiro atoms. The number of rotatable bonds is 2. The van der Waals surface area contributed by atoms with Gasteiger partial charge in [0.25, 0.3) is 0 Å². The van der Waals surface area contributed by atoms with Crippen LogP contribution in [0, 0.1) is 18.6 Å². The number of hydrogen-bond donors (Lipinski definition) is 1. The van der Waals surface area contributed by atoms with Crippen molar-refractivity contribution in [2.24, 2.45) is 5.73 Å². The molecule has 0 radical (unpaired) electrons. The molecular formula is C12H11F2N3. The van der Waals surface area contributed by atoms with Crippen molar-refractivity contribution >= 4 is 0 Å². The molecule has 0 bridgehead atoms. The number of nitrogens with zero attached hydrogens (tertiary/aromatic N) is 2. The quantitative estimate of drug-likeness (QED) is 0.867. The van der Waals surface area contributed by atoms with Gasteiger partial charge in [-0.05, 0) is 19.1 Å². The van der Waals surface area contributed by atoms with Gasteiger partial charge in [-0.25, -0.2) is 18.7 Å². The molecule has 1 aromatic carbocycles. The molecule has 0 fully saturated rings. The van der Waals surface area contributed by atoms with Crippen LogP contribution in [0.5, 0.6) is 0 Å². The van der Waals surface area contributed by atoms with E-state index in [0.717, 1.165) is 6.07 Å². The Balaban J connectivity index is 2.44. The summed E-state index contributed by atoms with van der Waals surface area (Å²) in [7, 11) is 0. The third kappa shape index (κ3) is 2.29. The summed E-state index contributed by atoms with van der Waals surface area (Å²) in [6, 6.07) is 4.70. The molecular weight excluding hydrogens is 224 g/mol. The van der Waals surface area contributed by atoms with Crippen LogP contribution < -0.4 is 5.73 Å². The van der Waals surface area contributed by atoms with E-state index in [2.05, 4.69) is 9.97 Å². The molecule has 2 N–H and O–H groups in total. The van der Waals surface area contributed by atoms with Gasteiger partial charge in [0.1, 0.15) is 5.82 Å². The summed E-state index contributed by atoms with van der Waals surface area (Å²) in [5.41, 5.74) is 6.40. The number of nitrogens with two attached hydrogens (primary N) is 1. The SMILES string of the molecule is Cc1nccc(C(N)c2cccc(F)c2F)n1. The predicted octanol–water partition coefficient (Wildman–Crippen LogP) is 2.11. The van der Waals surface area contributed by atoms with Gasteiger partial charge in [-0.2, -0.15) is 0 Å². The maximum Gasteiger partial charge on any atom is 0.163 e. The van der Waals surface area contributed by atoms with Gasteiger partial charge in [-0.1, -0.05) is 12.1 Å². The summed E-state index contributed by atoms with van der Waals surface area (Å²) in [6.07, 6.45) is 1.54. The molecule has 0 saturated heterocycles. The van der Waals surface area contributed by atoms with Crippen LogP contribution in [0.15, 0.2) is 30.5 Å². The summed E-state index contributed by atoms with van der Waals surface area (Å²) >= 11 is 0. The molecule has 2 aromatic rings. The van der Waals surface area contributed by atoms with Crippen LogP contribution in [0.3, 0.4) is 0 Å². The Morgan fingerprint density at radius 1 is 1.24 bits per heavy atom. The molecule has 0 aliphatic carbocycles. The molecule has 0 aliphatic heterocycles. The monoisotopic (exact) mass is 235 g/mol. The molecule has 0 aliphatic rings. The average Bonchev–Trinajstić information content (AvgIpc) is 2.32. The second-order valence-electron chi connectivity index (χ2n) is 3.65. The first-order valence-electron chi connectivity index (χ1n) is 5.08. The third-order valence-electron chi connectivity index (χ3n) is 2.43. The third-order valence-corrected chi connectivity index (χ3v) is 2.43. The fraction of sp³-hybridized carbons (Fsp3) is 0.167. The first kappa shape index (κ1) is 11.6. The summed E-state index contributed by atoms with van der Waals surface area (Å²) in [6.45, 7) is 1.71. The zero-order valence-corrected chi connectivity index (χ0v) is 9.19. The predicted molar refractivity (Wildman–Crippen MR) is 59.2 cm³/mol. The molecule has 17 heavy (non-hydrogen) atoms. The number of benzene rings is 1. The van der Waals surface area contributed by atoms with Crippen molar-refractivity contribution in [3.8, 4) is 0 Å². The number of aryl methyl sites for hydroxylation is 1. The Kier molecular flexibility index (Phi) is 3.10. The molecule has 0 saturated carbocycles. The van der Waals surface area contributed by atoms with Gasteiger partial charge in [0.15, 0.2) is 11.6 Å². The van der Waals surface area contributed by atoms with E-state index >= 15 is 0 Å². The van der Waals surface area contributed by atoms with Gasteiger partial charge in [0.2, 0.25) is 0 Å². The highest BCUT2D eigenvalue weighted by molar-refractivity contribution is 5.28. The van der Waals surface area contributed by atoms with Crippen molar-refractivity contribution in [3.63, 3.8) is 0 Å². The smallest absolute Gasteiger partial charge is 0.163 e. The van der Waals surface area contributed by atoms with Crippen LogP contribution in [0.25, 0.3) is 0 Å². The summed E-state index contributed by atoms with van der Waals surface area (Å²) in [4.78, 5) is 8.02. The fourth-order valence-electron chi connectivity index (χ4n) is 1.57. The van der Waals surface area contributed by atoms with Crippen LogP contribution in [0.1, 0.15) is 23.1 Å². The Morgan fingerprint density at radius 2 is 2.00 bits per heavy atom. The Labute approximate surface area is 97.3 Å². The Bertz CT molecular complexity index is 543. The zero-order valence-electron chi connectivity index (χ0n) is 9.19. The van der Waals surface area contributed by atoms with Crippen LogP contribution in [0.2, 0.25) is 0 Å². The number of aromatic nitrogens is 2. The standard InChI is InChI=1S/C12H11F2N3/c1-7-16-6-5-10(17-7)12(15)8-3-2-4-9(13)11(8)14/h2-6,12H,15H2,1H3. The maximum atomic E-state index is 13.5. The highest BCUT2D eigenvalue weighted by atomic mass is 19.2. The van der Waals surface area contributed by atoms with Crippen LogP contribution in [-0.2, 0) is 0 Å². The van der Waals surface area contributed by atoms with Gasteiger partial charge < -0.3 is 5.73 Å². The summed E-state index contributed by atoms with van der Waals surface area (Å²) in [5.74, 6) is -1.31. The summed E-state index contributed by atoms with van der Waals surface area (Å²) < 4.78 is 26.6. The molecule has 0 amide bonds. The van der Waals surface area contributed by atoms with Gasteiger partial charge >= 0.3 is 0 Å². The van der Waals surface area contributed by atoms with E-state index in [9.17, 15) is 8.78 Å². The minimum atomic E-state index is -0.934. The normalized spacial score (nSPS) is 12.5. The van der Waals surface area contributed by atoms with Crippen molar-refractivity contribution < 1.29 is 8.78 Å². The van der Waals surface area contributed by atoms with Gasteiger partial charge in [0.05, 0.1) is 11.7 Å². The van der Waals surface area contributed by atoms with Gasteiger partial charge in [-0.3, -0.25) is 0 Å². The second kappa shape index (κ2) is 4.55. The Hall–Kier alpha value is -1.88. The molecule has 2 rings (SSSR count). The highest BCUT2D eigenvalue weighted by Gasteiger charge is 2.17. The van der Waals surface area contributed by atoms with E-state index in [1.807, 2.05) is 0 Å². The molecule has 5 heteroatoms. The summed E-state index contributed by atoms with van der Waals surface area (Å²) in [5, 5.41) is 0. The number of halogens is 2. The minimum absolute atomic E-state index is 0.0862. The Morgan fingerprint density at radius 3 is 2.71 bits per heavy atom. The van der Waals surface area contributed by atoms with Crippen molar-refractivity contribution in [1.29, 1.82) is 0 Å². The lowest BCUT2D eigenvalue weighted by Crippen LogP contribution is -2.16. The topological polar surface area (TPSA) is 51.8 Å². The van der Waals surface area contributed by atoms with Crippen LogP contribution in [0.4, 0.5) is 8.78 Å². The maximum absolute atomic E-state index is 13.5. The number of hydrogen-bond acceptors (Lipinski definition) is 3. The van der Waals surface area contributed by atoms with E-state index < -0.39 is 17.7 Å². The second-order valence-corrected chi connectivity index (χ2v) is 3.65. The molecule has 1 unspecified atom stereocenters. The largest absolute Gasteiger partial charge is 0.319 e. The van der Waals surface area contributed by atoms with Gasteiger partial charge in [0, 0.05) is 11.8 Å². The molecule has 1 heterocycles.